The van der Waals surface area contributed by atoms with Crippen LogP contribution in [0.25, 0.3) is 0 Å². The lowest BCUT2D eigenvalue weighted by Crippen LogP contribution is -2.44. The average Bonchev–Trinajstić information content (AvgIpc) is 2.98. The van der Waals surface area contributed by atoms with Crippen LogP contribution in [0.1, 0.15) is 31.4 Å². The molecule has 0 bridgehead atoms. The molecule has 0 amide bonds. The van der Waals surface area contributed by atoms with Gasteiger partial charge >= 0.3 is 0 Å². The normalized spacial score (nSPS) is 18.8. The summed E-state index contributed by atoms with van der Waals surface area (Å²) in [6, 6.07) is 10.8. The molecule has 0 radical (unpaired) electrons. The smallest absolute Gasteiger partial charge is 0.229 e. The topological polar surface area (TPSA) is 47.5 Å². The van der Waals surface area contributed by atoms with Crippen LogP contribution in [0.3, 0.4) is 0 Å². The van der Waals surface area contributed by atoms with E-state index in [0.29, 0.717) is 5.95 Å². The number of piperazine rings is 1. The number of hydrogen-bond acceptors (Lipinski definition) is 6. The fraction of sp³-hybridized carbons (Fsp3) is 0.545. The minimum absolute atomic E-state index is 0.687. The predicted molar refractivity (Wildman–Crippen MR) is 117 cm³/mol. The third kappa shape index (κ3) is 4.73. The van der Waals surface area contributed by atoms with Gasteiger partial charge in [0.1, 0.15) is 5.82 Å². The molecule has 4 rings (SSSR count). The summed E-state index contributed by atoms with van der Waals surface area (Å²) >= 11 is 0. The Balaban J connectivity index is 1.45. The molecule has 0 atom stereocenters. The maximum atomic E-state index is 4.80. The Bertz CT molecular complexity index is 759. The largest absolute Gasteiger partial charge is 0.369 e. The van der Waals surface area contributed by atoms with E-state index < -0.39 is 0 Å². The summed E-state index contributed by atoms with van der Waals surface area (Å²) in [7, 11) is 2.19. The second kappa shape index (κ2) is 8.78. The van der Waals surface area contributed by atoms with Crippen molar-refractivity contribution in [1.82, 2.24) is 14.9 Å². The summed E-state index contributed by atoms with van der Waals surface area (Å²) in [5, 5.41) is 3.40. The van der Waals surface area contributed by atoms with E-state index in [9.17, 15) is 0 Å². The predicted octanol–water partition coefficient (Wildman–Crippen LogP) is 3.66. The lowest BCUT2D eigenvalue weighted by molar-refractivity contribution is 0.313. The van der Waals surface area contributed by atoms with Crippen molar-refractivity contribution in [2.24, 2.45) is 0 Å². The van der Waals surface area contributed by atoms with Gasteiger partial charge in [-0.05, 0) is 51.1 Å². The van der Waals surface area contributed by atoms with Crippen molar-refractivity contribution in [3.8, 4) is 0 Å². The highest BCUT2D eigenvalue weighted by Crippen LogP contribution is 2.23. The number of nitrogens with zero attached hydrogens (tertiary/aromatic N) is 5. The van der Waals surface area contributed by atoms with Crippen LogP contribution in [0, 0.1) is 6.92 Å². The maximum absolute atomic E-state index is 4.80. The van der Waals surface area contributed by atoms with E-state index >= 15 is 0 Å². The summed E-state index contributed by atoms with van der Waals surface area (Å²) in [4.78, 5) is 16.6. The number of aromatic nitrogens is 2. The Kier molecular flexibility index (Phi) is 5.95. The van der Waals surface area contributed by atoms with Gasteiger partial charge in [-0.25, -0.2) is 4.98 Å². The lowest BCUT2D eigenvalue weighted by atomic mass is 10.2. The molecule has 1 N–H and O–H groups in total. The van der Waals surface area contributed by atoms with E-state index in [2.05, 4.69) is 62.4 Å². The summed E-state index contributed by atoms with van der Waals surface area (Å²) in [5.74, 6) is 1.73. The first-order valence-electron chi connectivity index (χ1n) is 10.6. The zero-order valence-corrected chi connectivity index (χ0v) is 17.2. The number of hydrogen-bond donors (Lipinski definition) is 1. The standard InChI is InChI=1S/C22H32N6/c1-18-17-21(28-11-5-3-4-6-12-28)25-22(23-18)24-19-7-9-20(10-8-19)27-15-13-26(2)14-16-27/h7-10,17H,3-6,11-16H2,1-2H3,(H,23,24,25). The van der Waals surface area contributed by atoms with Crippen LogP contribution in [0.5, 0.6) is 0 Å². The monoisotopic (exact) mass is 380 g/mol. The number of aryl methyl sites for hydroxylation is 1. The van der Waals surface area contributed by atoms with Gasteiger partial charge in [-0.2, -0.15) is 4.98 Å². The second-order valence-electron chi connectivity index (χ2n) is 8.05. The fourth-order valence-corrected chi connectivity index (χ4v) is 4.02. The molecule has 6 heteroatoms. The molecule has 3 heterocycles. The molecule has 0 aliphatic carbocycles. The first-order valence-corrected chi connectivity index (χ1v) is 10.6. The van der Waals surface area contributed by atoms with Crippen LogP contribution < -0.4 is 15.1 Å². The molecule has 0 unspecified atom stereocenters. The third-order valence-electron chi connectivity index (χ3n) is 5.76. The van der Waals surface area contributed by atoms with E-state index in [0.717, 1.165) is 56.5 Å². The summed E-state index contributed by atoms with van der Waals surface area (Å²) in [6.07, 6.45) is 5.15. The van der Waals surface area contributed by atoms with Crippen LogP contribution in [-0.2, 0) is 0 Å². The Morgan fingerprint density at radius 2 is 1.46 bits per heavy atom. The summed E-state index contributed by atoms with van der Waals surface area (Å²) < 4.78 is 0. The number of benzene rings is 1. The van der Waals surface area contributed by atoms with Gasteiger partial charge in [-0.3, -0.25) is 0 Å². The SMILES string of the molecule is Cc1cc(N2CCCCCC2)nc(Nc2ccc(N3CCN(C)CC3)cc2)n1. The molecule has 2 saturated heterocycles. The molecule has 1 aromatic carbocycles. The van der Waals surface area contributed by atoms with Gasteiger partial charge in [0.05, 0.1) is 0 Å². The van der Waals surface area contributed by atoms with E-state index in [1.54, 1.807) is 0 Å². The van der Waals surface area contributed by atoms with Gasteiger partial charge in [0.15, 0.2) is 0 Å². The van der Waals surface area contributed by atoms with Crippen molar-refractivity contribution in [3.63, 3.8) is 0 Å². The van der Waals surface area contributed by atoms with Crippen molar-refractivity contribution in [2.45, 2.75) is 32.6 Å². The van der Waals surface area contributed by atoms with Crippen LogP contribution in [0.4, 0.5) is 23.1 Å². The van der Waals surface area contributed by atoms with E-state index in [-0.39, 0.29) is 0 Å². The van der Waals surface area contributed by atoms with Crippen molar-refractivity contribution in [3.05, 3.63) is 36.0 Å². The first-order chi connectivity index (χ1) is 13.7. The molecular weight excluding hydrogens is 348 g/mol. The lowest BCUT2D eigenvalue weighted by Gasteiger charge is -2.34. The number of nitrogens with one attached hydrogen (secondary N) is 1. The molecule has 150 valence electrons. The van der Waals surface area contributed by atoms with Crippen molar-refractivity contribution >= 4 is 23.1 Å². The number of anilines is 4. The molecule has 0 spiro atoms. The molecule has 2 aromatic rings. The molecule has 2 aliphatic heterocycles. The second-order valence-corrected chi connectivity index (χ2v) is 8.05. The van der Waals surface area contributed by atoms with E-state index in [4.69, 9.17) is 4.98 Å². The minimum atomic E-state index is 0.687. The van der Waals surface area contributed by atoms with Crippen LogP contribution in [0.15, 0.2) is 30.3 Å². The van der Waals surface area contributed by atoms with Crippen LogP contribution in [0.2, 0.25) is 0 Å². The quantitative estimate of drug-likeness (QED) is 0.873. The van der Waals surface area contributed by atoms with E-state index in [1.165, 1.54) is 31.4 Å². The molecule has 2 fully saturated rings. The third-order valence-corrected chi connectivity index (χ3v) is 5.76. The van der Waals surface area contributed by atoms with Gasteiger partial charge in [0, 0.05) is 62.4 Å². The zero-order chi connectivity index (χ0) is 19.3. The van der Waals surface area contributed by atoms with E-state index in [1.807, 2.05) is 6.92 Å². The highest BCUT2D eigenvalue weighted by atomic mass is 15.3. The van der Waals surface area contributed by atoms with Gasteiger partial charge < -0.3 is 20.0 Å². The molecule has 6 nitrogen and oxygen atoms in total. The Morgan fingerprint density at radius 1 is 0.786 bits per heavy atom. The molecule has 28 heavy (non-hydrogen) atoms. The van der Waals surface area contributed by atoms with Gasteiger partial charge in [-0.15, -0.1) is 0 Å². The maximum Gasteiger partial charge on any atom is 0.229 e. The highest BCUT2D eigenvalue weighted by Gasteiger charge is 2.15. The Labute approximate surface area is 168 Å². The Morgan fingerprint density at radius 3 is 2.14 bits per heavy atom. The van der Waals surface area contributed by atoms with Crippen molar-refractivity contribution in [1.29, 1.82) is 0 Å². The van der Waals surface area contributed by atoms with Crippen molar-refractivity contribution in [2.75, 3.05) is 61.4 Å². The Hall–Kier alpha value is -2.34. The first kappa shape index (κ1) is 19.0. The molecule has 2 aliphatic rings. The van der Waals surface area contributed by atoms with Gasteiger partial charge in [-0.1, -0.05) is 12.8 Å². The number of likely N-dealkylation sites (N-methyl/N-ethyl adjacent to an activating group) is 1. The highest BCUT2D eigenvalue weighted by molar-refractivity contribution is 5.60. The fourth-order valence-electron chi connectivity index (χ4n) is 4.02. The number of rotatable bonds is 4. The van der Waals surface area contributed by atoms with Gasteiger partial charge in [0.2, 0.25) is 5.95 Å². The average molecular weight is 381 g/mol. The molecule has 1 aromatic heterocycles. The van der Waals surface area contributed by atoms with Crippen LogP contribution in [-0.4, -0.2) is 61.2 Å². The van der Waals surface area contributed by atoms with Gasteiger partial charge in [0.25, 0.3) is 0 Å². The zero-order valence-electron chi connectivity index (χ0n) is 17.2. The van der Waals surface area contributed by atoms with Crippen LogP contribution >= 0.6 is 0 Å². The summed E-state index contributed by atoms with van der Waals surface area (Å²) in [5.41, 5.74) is 3.32. The van der Waals surface area contributed by atoms with Crippen molar-refractivity contribution < 1.29 is 0 Å². The minimum Gasteiger partial charge on any atom is -0.369 e. The molecular formula is C22H32N6. The summed E-state index contributed by atoms with van der Waals surface area (Å²) in [6.45, 7) is 8.65. The molecule has 0 saturated carbocycles.